The Hall–Kier alpha value is -2.09. The molecule has 0 amide bonds. The number of anilines is 1. The number of hydrogen-bond donors (Lipinski definition) is 0. The zero-order valence-corrected chi connectivity index (χ0v) is 15.5. The molecule has 0 aromatic heterocycles. The Bertz CT molecular complexity index is 945. The fraction of sp³-hybridized carbons (Fsp3) is 0.125. The second kappa shape index (κ2) is 7.43. The molecule has 25 heavy (non-hydrogen) atoms. The molecule has 2 aromatic carbocycles. The minimum Gasteiger partial charge on any atom is -0.262 e. The molecule has 0 spiro atoms. The lowest BCUT2D eigenvalue weighted by Gasteiger charge is -2.24. The molecular weight excluding hydrogens is 387 g/mol. The Kier molecular flexibility index (Phi) is 5.72. The summed E-state index contributed by atoms with van der Waals surface area (Å²) >= 11 is 11.9. The quantitative estimate of drug-likeness (QED) is 0.403. The molecule has 0 saturated heterocycles. The van der Waals surface area contributed by atoms with Gasteiger partial charge in [-0.1, -0.05) is 35.3 Å². The first-order valence-corrected chi connectivity index (χ1v) is 9.22. The normalized spacial score (nSPS) is 11.2. The first kappa shape index (κ1) is 19.2. The highest BCUT2D eigenvalue weighted by Gasteiger charge is 2.28. The highest BCUT2D eigenvalue weighted by atomic mass is 35.5. The predicted octanol–water partition coefficient (Wildman–Crippen LogP) is 4.59. The van der Waals surface area contributed by atoms with Crippen LogP contribution in [0.15, 0.2) is 53.9 Å². The van der Waals surface area contributed by atoms with Gasteiger partial charge in [-0.05, 0) is 30.7 Å². The molecule has 0 aliphatic rings. The van der Waals surface area contributed by atoms with Crippen molar-refractivity contribution in [1.82, 2.24) is 0 Å². The van der Waals surface area contributed by atoms with Crippen molar-refractivity contribution in [3.63, 3.8) is 0 Å². The summed E-state index contributed by atoms with van der Waals surface area (Å²) < 4.78 is 27.3. The summed E-state index contributed by atoms with van der Waals surface area (Å²) in [5.41, 5.74) is 0.358. The summed E-state index contributed by atoms with van der Waals surface area (Å²) in [6, 6.07) is 8.08. The van der Waals surface area contributed by atoms with Crippen LogP contribution in [-0.4, -0.2) is 19.9 Å². The van der Waals surface area contributed by atoms with Gasteiger partial charge < -0.3 is 0 Å². The van der Waals surface area contributed by atoms with E-state index in [1.807, 2.05) is 0 Å². The average Bonchev–Trinajstić information content (AvgIpc) is 2.55. The first-order chi connectivity index (χ1) is 11.7. The lowest BCUT2D eigenvalue weighted by Crippen LogP contribution is -2.31. The molecule has 0 heterocycles. The van der Waals surface area contributed by atoms with Gasteiger partial charge in [-0.25, -0.2) is 8.42 Å². The van der Waals surface area contributed by atoms with Crippen molar-refractivity contribution in [2.45, 2.75) is 11.8 Å². The Morgan fingerprint density at radius 1 is 1.20 bits per heavy atom. The molecule has 0 saturated carbocycles. The van der Waals surface area contributed by atoms with E-state index in [2.05, 4.69) is 6.58 Å². The second-order valence-corrected chi connectivity index (χ2v) is 7.78. The topological polar surface area (TPSA) is 80.5 Å². The first-order valence-electron chi connectivity index (χ1n) is 7.02. The van der Waals surface area contributed by atoms with Crippen LogP contribution in [-0.2, 0) is 10.0 Å². The number of nitro benzene ring substituents is 1. The summed E-state index contributed by atoms with van der Waals surface area (Å²) in [6.07, 6.45) is 1.41. The van der Waals surface area contributed by atoms with Gasteiger partial charge in [0.1, 0.15) is 0 Å². The molecule has 6 nitrogen and oxygen atoms in total. The number of halogens is 2. The number of sulfonamides is 1. The minimum absolute atomic E-state index is 0.0393. The average molecular weight is 401 g/mol. The number of nitrogens with zero attached hydrogens (tertiary/aromatic N) is 2. The van der Waals surface area contributed by atoms with Crippen LogP contribution >= 0.6 is 23.2 Å². The third kappa shape index (κ3) is 3.95. The van der Waals surface area contributed by atoms with Gasteiger partial charge in [0, 0.05) is 12.1 Å². The van der Waals surface area contributed by atoms with Gasteiger partial charge in [0.05, 0.1) is 32.1 Å². The van der Waals surface area contributed by atoms with Crippen molar-refractivity contribution in [3.8, 4) is 0 Å². The van der Waals surface area contributed by atoms with Crippen LogP contribution in [0, 0.1) is 17.0 Å². The zero-order valence-electron chi connectivity index (χ0n) is 13.1. The summed E-state index contributed by atoms with van der Waals surface area (Å²) in [4.78, 5) is 10.2. The largest absolute Gasteiger partial charge is 0.270 e. The summed E-state index contributed by atoms with van der Waals surface area (Å²) in [7, 11) is -4.08. The predicted molar refractivity (Wildman–Crippen MR) is 99.0 cm³/mol. The Morgan fingerprint density at radius 3 is 2.44 bits per heavy atom. The number of aryl methyl sites for hydroxylation is 1. The third-order valence-corrected chi connectivity index (χ3v) is 6.11. The molecule has 9 heteroatoms. The van der Waals surface area contributed by atoms with Crippen molar-refractivity contribution in [1.29, 1.82) is 0 Å². The molecule has 0 aliphatic heterocycles. The maximum Gasteiger partial charge on any atom is 0.270 e. The number of benzene rings is 2. The number of hydrogen-bond acceptors (Lipinski definition) is 4. The van der Waals surface area contributed by atoms with Crippen molar-refractivity contribution in [3.05, 3.63) is 74.8 Å². The van der Waals surface area contributed by atoms with Crippen molar-refractivity contribution >= 4 is 44.6 Å². The van der Waals surface area contributed by atoms with E-state index in [0.717, 1.165) is 10.4 Å². The minimum atomic E-state index is -4.08. The van der Waals surface area contributed by atoms with E-state index in [1.54, 1.807) is 6.92 Å². The molecular formula is C16H14Cl2N2O4S. The standard InChI is InChI=1S/C16H14Cl2N2O4S/c1-3-8-19(12-6-7-14(17)15(18)9-12)25(23,24)16-10-13(20(21)22)5-4-11(16)2/h3-7,9-10H,1,8H2,2H3. The molecule has 0 radical (unpaired) electrons. The SMILES string of the molecule is C=CCN(c1ccc(Cl)c(Cl)c1)S(=O)(=O)c1cc([N+](=O)[O-])ccc1C. The monoisotopic (exact) mass is 400 g/mol. The summed E-state index contributed by atoms with van der Waals surface area (Å²) in [5, 5.41) is 11.5. The third-order valence-electron chi connectivity index (χ3n) is 3.44. The molecule has 2 rings (SSSR count). The molecule has 0 atom stereocenters. The molecule has 0 unspecified atom stereocenters. The number of rotatable bonds is 6. The molecule has 2 aromatic rings. The van der Waals surface area contributed by atoms with E-state index < -0.39 is 14.9 Å². The number of non-ortho nitro benzene ring substituents is 1. The zero-order chi connectivity index (χ0) is 18.8. The van der Waals surface area contributed by atoms with E-state index in [1.165, 1.54) is 36.4 Å². The van der Waals surface area contributed by atoms with Crippen LogP contribution in [0.3, 0.4) is 0 Å². The second-order valence-electron chi connectivity index (χ2n) is 5.13. The van der Waals surface area contributed by atoms with Gasteiger partial charge in [0.25, 0.3) is 15.7 Å². The maximum atomic E-state index is 13.1. The Balaban J connectivity index is 2.64. The fourth-order valence-electron chi connectivity index (χ4n) is 2.20. The van der Waals surface area contributed by atoms with E-state index in [9.17, 15) is 18.5 Å². The smallest absolute Gasteiger partial charge is 0.262 e. The molecule has 0 N–H and O–H groups in total. The summed E-state index contributed by atoms with van der Waals surface area (Å²) in [5.74, 6) is 0. The molecule has 0 fully saturated rings. The van der Waals surface area contributed by atoms with E-state index in [0.29, 0.717) is 5.56 Å². The Labute approximate surface area is 155 Å². The van der Waals surface area contributed by atoms with Crippen LogP contribution in [0.1, 0.15) is 5.56 Å². The van der Waals surface area contributed by atoms with Crippen LogP contribution in [0.2, 0.25) is 10.0 Å². The number of nitro groups is 1. The molecule has 132 valence electrons. The highest BCUT2D eigenvalue weighted by molar-refractivity contribution is 7.92. The van der Waals surface area contributed by atoms with Crippen LogP contribution in [0.5, 0.6) is 0 Å². The van der Waals surface area contributed by atoms with Crippen LogP contribution in [0.25, 0.3) is 0 Å². The molecule has 0 aliphatic carbocycles. The fourth-order valence-corrected chi connectivity index (χ4v) is 4.17. The van der Waals surface area contributed by atoms with Gasteiger partial charge in [0.15, 0.2) is 0 Å². The lowest BCUT2D eigenvalue weighted by atomic mass is 10.2. The van der Waals surface area contributed by atoms with Crippen molar-refractivity contribution in [2.24, 2.45) is 0 Å². The van der Waals surface area contributed by atoms with Gasteiger partial charge in [-0.3, -0.25) is 14.4 Å². The van der Waals surface area contributed by atoms with Gasteiger partial charge in [-0.15, -0.1) is 6.58 Å². The van der Waals surface area contributed by atoms with Gasteiger partial charge in [0.2, 0.25) is 0 Å². The van der Waals surface area contributed by atoms with E-state index in [4.69, 9.17) is 23.2 Å². The van der Waals surface area contributed by atoms with Gasteiger partial charge in [-0.2, -0.15) is 0 Å². The molecule has 0 bridgehead atoms. The van der Waals surface area contributed by atoms with E-state index >= 15 is 0 Å². The lowest BCUT2D eigenvalue weighted by molar-refractivity contribution is -0.385. The van der Waals surface area contributed by atoms with Crippen molar-refractivity contribution in [2.75, 3.05) is 10.8 Å². The summed E-state index contributed by atoms with van der Waals surface area (Å²) in [6.45, 7) is 5.10. The highest BCUT2D eigenvalue weighted by Crippen LogP contribution is 2.32. The van der Waals surface area contributed by atoms with Crippen LogP contribution < -0.4 is 4.31 Å². The van der Waals surface area contributed by atoms with E-state index in [-0.39, 0.29) is 32.9 Å². The maximum absolute atomic E-state index is 13.1. The Morgan fingerprint density at radius 2 is 1.88 bits per heavy atom. The van der Waals surface area contributed by atoms with Crippen LogP contribution in [0.4, 0.5) is 11.4 Å². The van der Waals surface area contributed by atoms with Gasteiger partial charge >= 0.3 is 0 Å². The van der Waals surface area contributed by atoms with Crippen molar-refractivity contribution < 1.29 is 13.3 Å².